The molecule has 3 aliphatic rings. The summed E-state index contributed by atoms with van der Waals surface area (Å²) < 4.78 is 5.51. The second-order valence-electron chi connectivity index (χ2n) is 5.58. The van der Waals surface area contributed by atoms with Gasteiger partial charge in [0, 0.05) is 5.92 Å². The van der Waals surface area contributed by atoms with Gasteiger partial charge in [0.25, 0.3) is 0 Å². The number of hydrogen-bond donors (Lipinski definition) is 2. The van der Waals surface area contributed by atoms with Crippen molar-refractivity contribution in [1.29, 1.82) is 0 Å². The zero-order chi connectivity index (χ0) is 11.4. The lowest BCUT2D eigenvalue weighted by atomic mass is 9.81. The van der Waals surface area contributed by atoms with E-state index in [9.17, 15) is 9.90 Å². The molecule has 3 saturated carbocycles. The van der Waals surface area contributed by atoms with Gasteiger partial charge in [0.05, 0.1) is 0 Å². The molecule has 0 saturated heterocycles. The van der Waals surface area contributed by atoms with Crippen LogP contribution < -0.4 is 0 Å². The van der Waals surface area contributed by atoms with E-state index in [1.807, 2.05) is 0 Å². The highest BCUT2D eigenvalue weighted by molar-refractivity contribution is 7.96. The van der Waals surface area contributed by atoms with Crippen LogP contribution in [0.1, 0.15) is 44.9 Å². The van der Waals surface area contributed by atoms with Crippen molar-refractivity contribution in [2.45, 2.75) is 56.1 Å². The maximum atomic E-state index is 11.2. The van der Waals surface area contributed by atoms with E-state index in [4.69, 9.17) is 4.74 Å². The normalized spacial score (nSPS) is 50.1. The van der Waals surface area contributed by atoms with Crippen LogP contribution in [0.3, 0.4) is 0 Å². The maximum Gasteiger partial charge on any atom is 0.364 e. The van der Waals surface area contributed by atoms with Crippen molar-refractivity contribution < 1.29 is 14.6 Å². The first-order chi connectivity index (χ1) is 7.58. The average molecular weight is 242 g/mol. The fraction of sp³-hybridized carbons (Fsp3) is 0.917. The molecule has 4 unspecified atom stereocenters. The average Bonchev–Trinajstić information content (AvgIpc) is 2.51. The van der Waals surface area contributed by atoms with Gasteiger partial charge in [-0.1, -0.05) is 19.0 Å². The van der Waals surface area contributed by atoms with Gasteiger partial charge >= 0.3 is 5.30 Å². The van der Waals surface area contributed by atoms with Crippen LogP contribution in [0.25, 0.3) is 0 Å². The summed E-state index contributed by atoms with van der Waals surface area (Å²) in [4.78, 5) is 11.2. The molecule has 3 fully saturated rings. The minimum Gasteiger partial charge on any atom is -0.448 e. The molecule has 0 radical (unpaired) electrons. The Labute approximate surface area is 101 Å². The second kappa shape index (κ2) is 3.39. The molecule has 0 aromatic heterocycles. The predicted octanol–water partition coefficient (Wildman–Crippen LogP) is 2.53. The van der Waals surface area contributed by atoms with Crippen molar-refractivity contribution in [2.24, 2.45) is 11.8 Å². The molecule has 0 spiro atoms. The number of thiol groups is 1. The fourth-order valence-corrected chi connectivity index (χ4v) is 4.70. The third-order valence-electron chi connectivity index (χ3n) is 5.18. The molecule has 3 aliphatic carbocycles. The molecule has 16 heavy (non-hydrogen) atoms. The standard InChI is InChI=1S/C12H18O3S/c13-10(16)15-12-7-5-8-2-1-3-9(12)4-6-11(8,12)14/h8-9,14H,1-7H2,(H,13,16). The molecule has 4 bridgehead atoms. The highest BCUT2D eigenvalue weighted by Gasteiger charge is 2.69. The molecular formula is C12H18O3S. The molecule has 90 valence electrons. The molecule has 0 amide bonds. The van der Waals surface area contributed by atoms with E-state index in [0.717, 1.165) is 44.9 Å². The first-order valence-electron chi connectivity index (χ1n) is 6.23. The summed E-state index contributed by atoms with van der Waals surface area (Å²) in [7, 11) is 0. The summed E-state index contributed by atoms with van der Waals surface area (Å²) in [5, 5.41) is 10.4. The highest BCUT2D eigenvalue weighted by Crippen LogP contribution is 2.62. The zero-order valence-electron chi connectivity index (χ0n) is 9.32. The van der Waals surface area contributed by atoms with Crippen LogP contribution in [0.5, 0.6) is 0 Å². The van der Waals surface area contributed by atoms with Gasteiger partial charge < -0.3 is 9.84 Å². The number of aliphatic hydroxyl groups is 1. The Morgan fingerprint density at radius 1 is 1.19 bits per heavy atom. The molecule has 0 aliphatic heterocycles. The number of rotatable bonds is 1. The lowest BCUT2D eigenvalue weighted by Gasteiger charge is -2.40. The molecule has 4 atom stereocenters. The minimum atomic E-state index is -0.757. The van der Waals surface area contributed by atoms with Crippen molar-refractivity contribution in [1.82, 2.24) is 0 Å². The van der Waals surface area contributed by atoms with E-state index >= 15 is 0 Å². The Morgan fingerprint density at radius 3 is 2.62 bits per heavy atom. The van der Waals surface area contributed by atoms with Crippen molar-refractivity contribution in [3.63, 3.8) is 0 Å². The maximum absolute atomic E-state index is 11.2. The van der Waals surface area contributed by atoms with E-state index in [2.05, 4.69) is 12.6 Å². The summed E-state index contributed by atoms with van der Waals surface area (Å²) in [5.74, 6) is 0.675. The smallest absolute Gasteiger partial charge is 0.364 e. The third kappa shape index (κ3) is 1.17. The van der Waals surface area contributed by atoms with Gasteiger partial charge in [0.15, 0.2) is 0 Å². The van der Waals surface area contributed by atoms with Crippen molar-refractivity contribution >= 4 is 17.9 Å². The first kappa shape index (κ1) is 10.9. The van der Waals surface area contributed by atoms with Gasteiger partial charge in [-0.2, -0.15) is 0 Å². The van der Waals surface area contributed by atoms with Gasteiger partial charge in [0.1, 0.15) is 11.2 Å². The summed E-state index contributed by atoms with van der Waals surface area (Å²) in [6, 6.07) is 0. The Balaban J connectivity index is 2.03. The first-order valence-corrected chi connectivity index (χ1v) is 6.67. The van der Waals surface area contributed by atoms with E-state index in [0.29, 0.717) is 11.8 Å². The number of carbonyl (C=O) groups is 1. The molecule has 0 heterocycles. The molecule has 3 rings (SSSR count). The minimum absolute atomic E-state index is 0.327. The largest absolute Gasteiger partial charge is 0.448 e. The van der Waals surface area contributed by atoms with Crippen molar-refractivity contribution in [3.8, 4) is 0 Å². The quantitative estimate of drug-likeness (QED) is 0.548. The molecule has 3 nitrogen and oxygen atoms in total. The van der Waals surface area contributed by atoms with Gasteiger partial charge in [-0.05, 0) is 44.4 Å². The van der Waals surface area contributed by atoms with Crippen LogP contribution in [-0.4, -0.2) is 21.6 Å². The van der Waals surface area contributed by atoms with Gasteiger partial charge in [-0.25, -0.2) is 4.79 Å². The van der Waals surface area contributed by atoms with Crippen LogP contribution in [0, 0.1) is 11.8 Å². The molecule has 1 N–H and O–H groups in total. The van der Waals surface area contributed by atoms with Crippen LogP contribution in [-0.2, 0) is 4.74 Å². The predicted molar refractivity (Wildman–Crippen MR) is 62.4 cm³/mol. The van der Waals surface area contributed by atoms with Crippen molar-refractivity contribution in [3.05, 3.63) is 0 Å². The van der Waals surface area contributed by atoms with Crippen LogP contribution in [0.2, 0.25) is 0 Å². The van der Waals surface area contributed by atoms with Gasteiger partial charge in [0.2, 0.25) is 0 Å². The van der Waals surface area contributed by atoms with Crippen LogP contribution in [0.4, 0.5) is 4.79 Å². The summed E-state index contributed by atoms with van der Waals surface area (Å²) in [6.45, 7) is 0. The lowest BCUT2D eigenvalue weighted by molar-refractivity contribution is -0.137. The van der Waals surface area contributed by atoms with E-state index < -0.39 is 16.5 Å². The third-order valence-corrected chi connectivity index (χ3v) is 5.27. The van der Waals surface area contributed by atoms with E-state index in [1.54, 1.807) is 0 Å². The van der Waals surface area contributed by atoms with E-state index in [1.165, 1.54) is 0 Å². The molecule has 0 aromatic carbocycles. The van der Waals surface area contributed by atoms with Crippen LogP contribution >= 0.6 is 12.6 Å². The highest BCUT2D eigenvalue weighted by atomic mass is 32.1. The summed E-state index contributed by atoms with van der Waals surface area (Å²) in [5.41, 5.74) is -1.36. The Hall–Kier alpha value is -0.220. The summed E-state index contributed by atoms with van der Waals surface area (Å²) in [6.07, 6.45) is 6.93. The van der Waals surface area contributed by atoms with E-state index in [-0.39, 0.29) is 0 Å². The van der Waals surface area contributed by atoms with Crippen molar-refractivity contribution in [2.75, 3.05) is 0 Å². The zero-order valence-corrected chi connectivity index (χ0v) is 10.2. The number of hydrogen-bond acceptors (Lipinski definition) is 3. The number of carbonyl (C=O) groups excluding carboxylic acids is 1. The Bertz CT molecular complexity index is 330. The number of ether oxygens (including phenoxy) is 1. The Morgan fingerprint density at radius 2 is 1.88 bits per heavy atom. The fourth-order valence-electron chi connectivity index (χ4n) is 4.54. The lowest BCUT2D eigenvalue weighted by Crippen LogP contribution is -2.53. The molecule has 4 heteroatoms. The molecule has 0 aromatic rings. The Kier molecular flexibility index (Phi) is 2.31. The SMILES string of the molecule is O=C(S)OC12CCC3CCCC1CCC32O. The van der Waals surface area contributed by atoms with Gasteiger partial charge in [-0.3, -0.25) is 0 Å². The van der Waals surface area contributed by atoms with Crippen LogP contribution in [0.15, 0.2) is 0 Å². The monoisotopic (exact) mass is 242 g/mol. The van der Waals surface area contributed by atoms with Gasteiger partial charge in [-0.15, -0.1) is 0 Å². The summed E-state index contributed by atoms with van der Waals surface area (Å²) >= 11 is 3.74. The second-order valence-corrected chi connectivity index (χ2v) is 5.95. The topological polar surface area (TPSA) is 46.5 Å². The molecular weight excluding hydrogens is 224 g/mol.